The largest absolute Gasteiger partial charge is 0.459 e. The molecule has 0 spiro atoms. The standard InChI is InChI=1S/C22H21ClN2O3S/c1-22(2,3)28-20(27)13-29-21-24-18-10-16(17(23)11-19(18)25-21)9-8-14-4-6-15(12-26)7-5-14/h4-7,10-11,26H,12-13H2,1-3H3,(H,24,25). The number of fused-ring (bicyclic) bond motifs is 1. The lowest BCUT2D eigenvalue weighted by molar-refractivity contribution is -0.151. The van der Waals surface area contributed by atoms with E-state index in [9.17, 15) is 4.79 Å². The second kappa shape index (κ2) is 8.91. The van der Waals surface area contributed by atoms with Crippen molar-refractivity contribution in [1.82, 2.24) is 9.97 Å². The third-order valence-electron chi connectivity index (χ3n) is 3.77. The Morgan fingerprint density at radius 3 is 2.62 bits per heavy atom. The van der Waals surface area contributed by atoms with Crippen LogP contribution < -0.4 is 0 Å². The Bertz CT molecular complexity index is 1090. The summed E-state index contributed by atoms with van der Waals surface area (Å²) < 4.78 is 5.31. The molecular weight excluding hydrogens is 408 g/mol. The first-order chi connectivity index (χ1) is 13.7. The maximum absolute atomic E-state index is 11.9. The fourth-order valence-corrected chi connectivity index (χ4v) is 3.37. The van der Waals surface area contributed by atoms with E-state index in [2.05, 4.69) is 21.8 Å². The van der Waals surface area contributed by atoms with Gasteiger partial charge in [0.1, 0.15) is 5.60 Å². The third kappa shape index (κ3) is 6.01. The molecule has 0 amide bonds. The summed E-state index contributed by atoms with van der Waals surface area (Å²) in [5.74, 6) is 6.02. The van der Waals surface area contributed by atoms with Crippen LogP contribution in [0, 0.1) is 11.8 Å². The summed E-state index contributed by atoms with van der Waals surface area (Å²) in [5, 5.41) is 10.2. The number of esters is 1. The van der Waals surface area contributed by atoms with E-state index in [-0.39, 0.29) is 18.3 Å². The zero-order valence-electron chi connectivity index (χ0n) is 16.4. The van der Waals surface area contributed by atoms with Crippen LogP contribution in [0.3, 0.4) is 0 Å². The van der Waals surface area contributed by atoms with Gasteiger partial charge < -0.3 is 14.8 Å². The average Bonchev–Trinajstić information content (AvgIpc) is 3.05. The number of thioether (sulfide) groups is 1. The number of hydrogen-bond acceptors (Lipinski definition) is 5. The second-order valence-electron chi connectivity index (χ2n) is 7.37. The summed E-state index contributed by atoms with van der Waals surface area (Å²) in [6.45, 7) is 5.51. The number of ether oxygens (including phenoxy) is 1. The third-order valence-corrected chi connectivity index (χ3v) is 4.93. The van der Waals surface area contributed by atoms with Crippen LogP contribution >= 0.6 is 23.4 Å². The molecule has 0 saturated carbocycles. The molecule has 5 nitrogen and oxygen atoms in total. The Labute approximate surface area is 178 Å². The van der Waals surface area contributed by atoms with Gasteiger partial charge in [-0.1, -0.05) is 47.3 Å². The molecule has 0 fully saturated rings. The molecular formula is C22H21ClN2O3S. The molecule has 0 radical (unpaired) electrons. The van der Waals surface area contributed by atoms with Gasteiger partial charge in [-0.3, -0.25) is 4.79 Å². The van der Waals surface area contributed by atoms with Crippen molar-refractivity contribution in [2.75, 3.05) is 5.75 Å². The van der Waals surface area contributed by atoms with Gasteiger partial charge >= 0.3 is 5.97 Å². The highest BCUT2D eigenvalue weighted by Gasteiger charge is 2.17. The molecule has 0 aliphatic carbocycles. The van der Waals surface area contributed by atoms with Gasteiger partial charge in [0, 0.05) is 11.1 Å². The summed E-state index contributed by atoms with van der Waals surface area (Å²) in [6, 6.07) is 11.0. The van der Waals surface area contributed by atoms with Crippen LogP contribution in [0.4, 0.5) is 0 Å². The van der Waals surface area contributed by atoms with Gasteiger partial charge in [-0.05, 0) is 50.6 Å². The number of carbonyl (C=O) groups excluding carboxylic acids is 1. The van der Waals surface area contributed by atoms with Crippen molar-refractivity contribution < 1.29 is 14.6 Å². The number of carbonyl (C=O) groups is 1. The number of nitrogens with zero attached hydrogens (tertiary/aromatic N) is 1. The average molecular weight is 429 g/mol. The number of nitrogens with one attached hydrogen (secondary N) is 1. The predicted octanol–water partition coefficient (Wildman–Crippen LogP) is 4.54. The zero-order chi connectivity index (χ0) is 21.0. The van der Waals surface area contributed by atoms with Crippen LogP contribution in [0.25, 0.3) is 11.0 Å². The lowest BCUT2D eigenvalue weighted by Crippen LogP contribution is -2.24. The van der Waals surface area contributed by atoms with E-state index in [1.807, 2.05) is 51.1 Å². The number of aliphatic hydroxyl groups is 1. The normalized spacial score (nSPS) is 11.2. The molecule has 2 aromatic carbocycles. The number of aromatic nitrogens is 2. The minimum absolute atomic E-state index is 0.00427. The molecule has 1 heterocycles. The van der Waals surface area contributed by atoms with E-state index in [0.29, 0.717) is 21.3 Å². The van der Waals surface area contributed by atoms with Crippen molar-refractivity contribution in [3.05, 3.63) is 58.1 Å². The molecule has 0 unspecified atom stereocenters. The van der Waals surface area contributed by atoms with Gasteiger partial charge in [-0.25, -0.2) is 4.98 Å². The first-order valence-electron chi connectivity index (χ1n) is 8.99. The fourth-order valence-electron chi connectivity index (χ4n) is 2.50. The fraction of sp³-hybridized carbons (Fsp3) is 0.273. The topological polar surface area (TPSA) is 75.2 Å². The van der Waals surface area contributed by atoms with E-state index in [4.69, 9.17) is 21.4 Å². The van der Waals surface area contributed by atoms with E-state index in [0.717, 1.165) is 16.6 Å². The van der Waals surface area contributed by atoms with Crippen molar-refractivity contribution in [3.63, 3.8) is 0 Å². The Hall–Kier alpha value is -2.46. The van der Waals surface area contributed by atoms with Crippen molar-refractivity contribution in [2.24, 2.45) is 0 Å². The van der Waals surface area contributed by atoms with E-state index >= 15 is 0 Å². The van der Waals surface area contributed by atoms with Gasteiger partial charge in [-0.2, -0.15) is 0 Å². The molecule has 0 atom stereocenters. The Kier molecular flexibility index (Phi) is 6.53. The summed E-state index contributed by atoms with van der Waals surface area (Å²) >= 11 is 7.64. The lowest BCUT2D eigenvalue weighted by atomic mass is 10.1. The maximum Gasteiger partial charge on any atom is 0.316 e. The summed E-state index contributed by atoms with van der Waals surface area (Å²) in [4.78, 5) is 19.5. The van der Waals surface area contributed by atoms with Crippen molar-refractivity contribution in [3.8, 4) is 11.8 Å². The van der Waals surface area contributed by atoms with Crippen LogP contribution in [-0.4, -0.2) is 32.4 Å². The number of halogens is 1. The molecule has 3 rings (SSSR count). The molecule has 0 aliphatic heterocycles. The Morgan fingerprint density at radius 1 is 1.24 bits per heavy atom. The minimum atomic E-state index is -0.509. The van der Waals surface area contributed by atoms with Crippen molar-refractivity contribution in [2.45, 2.75) is 38.1 Å². The lowest BCUT2D eigenvalue weighted by Gasteiger charge is -2.18. The minimum Gasteiger partial charge on any atom is -0.459 e. The van der Waals surface area contributed by atoms with E-state index in [1.165, 1.54) is 11.8 Å². The molecule has 2 N–H and O–H groups in total. The monoisotopic (exact) mass is 428 g/mol. The molecule has 3 aromatic rings. The van der Waals surface area contributed by atoms with Crippen LogP contribution in [-0.2, 0) is 16.1 Å². The summed E-state index contributed by atoms with van der Waals surface area (Å²) in [5.41, 5.74) is 3.34. The van der Waals surface area contributed by atoms with Gasteiger partial charge in [0.05, 0.1) is 28.4 Å². The zero-order valence-corrected chi connectivity index (χ0v) is 17.9. The molecule has 150 valence electrons. The number of benzene rings is 2. The summed E-state index contributed by atoms with van der Waals surface area (Å²) in [6.07, 6.45) is 0. The number of hydrogen-bond donors (Lipinski definition) is 2. The molecule has 0 aliphatic rings. The molecule has 1 aromatic heterocycles. The Morgan fingerprint density at radius 2 is 1.97 bits per heavy atom. The SMILES string of the molecule is CC(C)(C)OC(=O)CSc1nc2cc(Cl)c(C#Cc3ccc(CO)cc3)cc2[nH]1. The second-order valence-corrected chi connectivity index (χ2v) is 8.74. The van der Waals surface area contributed by atoms with Crippen LogP contribution in [0.2, 0.25) is 5.02 Å². The van der Waals surface area contributed by atoms with Gasteiger partial charge in [0.15, 0.2) is 5.16 Å². The molecule has 0 saturated heterocycles. The Balaban J connectivity index is 1.75. The highest BCUT2D eigenvalue weighted by atomic mass is 35.5. The summed E-state index contributed by atoms with van der Waals surface area (Å²) in [7, 11) is 0. The van der Waals surface area contributed by atoms with Crippen LogP contribution in [0.15, 0.2) is 41.6 Å². The van der Waals surface area contributed by atoms with E-state index < -0.39 is 5.60 Å². The first-order valence-corrected chi connectivity index (χ1v) is 10.4. The number of aliphatic hydroxyl groups excluding tert-OH is 1. The van der Waals surface area contributed by atoms with E-state index in [1.54, 1.807) is 6.07 Å². The highest BCUT2D eigenvalue weighted by Crippen LogP contribution is 2.25. The molecule has 29 heavy (non-hydrogen) atoms. The molecule has 7 heteroatoms. The van der Waals surface area contributed by atoms with Crippen molar-refractivity contribution >= 4 is 40.4 Å². The van der Waals surface area contributed by atoms with Gasteiger partial charge in [-0.15, -0.1) is 0 Å². The molecule has 0 bridgehead atoms. The smallest absolute Gasteiger partial charge is 0.316 e. The van der Waals surface area contributed by atoms with Gasteiger partial charge in [0.2, 0.25) is 0 Å². The van der Waals surface area contributed by atoms with Crippen molar-refractivity contribution in [1.29, 1.82) is 0 Å². The number of rotatable bonds is 4. The van der Waals surface area contributed by atoms with Crippen LogP contribution in [0.1, 0.15) is 37.5 Å². The van der Waals surface area contributed by atoms with Gasteiger partial charge in [0.25, 0.3) is 0 Å². The number of aromatic amines is 1. The number of H-pyrrole nitrogens is 1. The number of imidazole rings is 1. The predicted molar refractivity (Wildman–Crippen MR) is 116 cm³/mol. The quantitative estimate of drug-likeness (QED) is 0.362. The first kappa shape index (κ1) is 21.3. The van der Waals surface area contributed by atoms with Crippen LogP contribution in [0.5, 0.6) is 0 Å². The maximum atomic E-state index is 11.9. The highest BCUT2D eigenvalue weighted by molar-refractivity contribution is 7.99.